The number of rotatable bonds is 4. The van der Waals surface area contributed by atoms with Gasteiger partial charge < -0.3 is 15.4 Å². The number of hydrogen-bond acceptors (Lipinski definition) is 3. The molecular formula is C16H24N2O2. The third-order valence-corrected chi connectivity index (χ3v) is 3.98. The smallest absolute Gasteiger partial charge is 0.253 e. The molecule has 1 aromatic rings. The Morgan fingerprint density at radius 3 is 2.45 bits per heavy atom. The average molecular weight is 276 g/mol. The highest BCUT2D eigenvalue weighted by Crippen LogP contribution is 2.21. The summed E-state index contributed by atoms with van der Waals surface area (Å²) in [5.74, 6) is 1.45. The predicted octanol–water partition coefficient (Wildman–Crippen LogP) is 2.28. The zero-order chi connectivity index (χ0) is 14.5. The number of likely N-dealkylation sites (tertiary alicyclic amines) is 1. The minimum absolute atomic E-state index is 0.108. The largest absolute Gasteiger partial charge is 0.494 e. The molecule has 0 aliphatic carbocycles. The molecule has 110 valence electrons. The van der Waals surface area contributed by atoms with Crippen molar-refractivity contribution < 1.29 is 9.53 Å². The number of piperidine rings is 1. The van der Waals surface area contributed by atoms with Crippen LogP contribution in [0.2, 0.25) is 0 Å². The van der Waals surface area contributed by atoms with Gasteiger partial charge in [-0.25, -0.2) is 0 Å². The molecule has 0 aromatic heterocycles. The number of benzene rings is 1. The molecule has 2 rings (SSSR count). The van der Waals surface area contributed by atoms with E-state index in [-0.39, 0.29) is 11.9 Å². The van der Waals surface area contributed by atoms with E-state index in [9.17, 15) is 4.79 Å². The van der Waals surface area contributed by atoms with Crippen molar-refractivity contribution in [2.45, 2.75) is 32.7 Å². The molecule has 20 heavy (non-hydrogen) atoms. The van der Waals surface area contributed by atoms with Crippen LogP contribution in [0, 0.1) is 5.92 Å². The lowest BCUT2D eigenvalue weighted by Crippen LogP contribution is -2.42. The Morgan fingerprint density at radius 2 is 1.95 bits per heavy atom. The van der Waals surface area contributed by atoms with Crippen LogP contribution in [0.3, 0.4) is 0 Å². The van der Waals surface area contributed by atoms with Gasteiger partial charge in [-0.3, -0.25) is 4.79 Å². The summed E-state index contributed by atoms with van der Waals surface area (Å²) in [6, 6.07) is 7.60. The van der Waals surface area contributed by atoms with Crippen molar-refractivity contribution >= 4 is 5.91 Å². The van der Waals surface area contributed by atoms with Gasteiger partial charge >= 0.3 is 0 Å². The Balaban J connectivity index is 1.94. The van der Waals surface area contributed by atoms with Crippen molar-refractivity contribution in [2.75, 3.05) is 19.7 Å². The van der Waals surface area contributed by atoms with Gasteiger partial charge in [0.1, 0.15) is 5.75 Å². The second-order valence-corrected chi connectivity index (χ2v) is 5.45. The summed E-state index contributed by atoms with van der Waals surface area (Å²) in [6.45, 7) is 6.24. The van der Waals surface area contributed by atoms with Gasteiger partial charge in [0.05, 0.1) is 6.61 Å². The van der Waals surface area contributed by atoms with Crippen molar-refractivity contribution in [1.82, 2.24) is 4.90 Å². The molecule has 0 spiro atoms. The standard InChI is InChI=1S/C16H24N2O2/c1-3-20-15-6-4-14(5-7-15)16(19)18-10-8-13(9-11-18)12(2)17/h4-7,12-13H,3,8-11,17H2,1-2H3. The highest BCUT2D eigenvalue weighted by Gasteiger charge is 2.25. The van der Waals surface area contributed by atoms with Crippen LogP contribution in [0.4, 0.5) is 0 Å². The van der Waals surface area contributed by atoms with Crippen LogP contribution in [-0.4, -0.2) is 36.5 Å². The Morgan fingerprint density at radius 1 is 1.35 bits per heavy atom. The quantitative estimate of drug-likeness (QED) is 0.918. The Bertz CT molecular complexity index is 434. The average Bonchev–Trinajstić information content (AvgIpc) is 2.48. The van der Waals surface area contributed by atoms with E-state index in [1.165, 1.54) is 0 Å². The minimum Gasteiger partial charge on any atom is -0.494 e. The third kappa shape index (κ3) is 3.51. The highest BCUT2D eigenvalue weighted by atomic mass is 16.5. The molecule has 0 saturated carbocycles. The lowest BCUT2D eigenvalue weighted by Gasteiger charge is -2.33. The van der Waals surface area contributed by atoms with E-state index >= 15 is 0 Å². The van der Waals surface area contributed by atoms with E-state index in [1.54, 1.807) is 0 Å². The van der Waals surface area contributed by atoms with E-state index in [0.717, 1.165) is 37.2 Å². The van der Waals surface area contributed by atoms with Gasteiger partial charge in [-0.05, 0) is 56.9 Å². The third-order valence-electron chi connectivity index (χ3n) is 3.98. The lowest BCUT2D eigenvalue weighted by atomic mass is 9.90. The van der Waals surface area contributed by atoms with E-state index in [0.29, 0.717) is 12.5 Å². The van der Waals surface area contributed by atoms with Crippen molar-refractivity contribution in [3.63, 3.8) is 0 Å². The molecule has 0 bridgehead atoms. The van der Waals surface area contributed by atoms with Gasteiger partial charge in [0.15, 0.2) is 0 Å². The number of nitrogens with two attached hydrogens (primary N) is 1. The Kier molecular flexibility index (Phi) is 5.01. The number of amides is 1. The van der Waals surface area contributed by atoms with Crippen LogP contribution >= 0.6 is 0 Å². The zero-order valence-corrected chi connectivity index (χ0v) is 12.3. The lowest BCUT2D eigenvalue weighted by molar-refractivity contribution is 0.0681. The number of carbonyl (C=O) groups excluding carboxylic acids is 1. The maximum Gasteiger partial charge on any atom is 0.253 e. The Labute approximate surface area is 120 Å². The fraction of sp³-hybridized carbons (Fsp3) is 0.562. The molecule has 1 aliphatic heterocycles. The summed E-state index contributed by atoms with van der Waals surface area (Å²) in [4.78, 5) is 14.3. The summed E-state index contributed by atoms with van der Waals surface area (Å²) in [6.07, 6.45) is 2.00. The zero-order valence-electron chi connectivity index (χ0n) is 12.3. The fourth-order valence-corrected chi connectivity index (χ4v) is 2.67. The van der Waals surface area contributed by atoms with Gasteiger partial charge in [-0.1, -0.05) is 0 Å². The van der Waals surface area contributed by atoms with Crippen LogP contribution in [-0.2, 0) is 0 Å². The molecule has 1 aliphatic rings. The fourth-order valence-electron chi connectivity index (χ4n) is 2.67. The molecule has 1 unspecified atom stereocenters. The van der Waals surface area contributed by atoms with Crippen LogP contribution in [0.15, 0.2) is 24.3 Å². The van der Waals surface area contributed by atoms with Gasteiger partial charge in [0.2, 0.25) is 0 Å². The molecule has 1 saturated heterocycles. The van der Waals surface area contributed by atoms with Crippen molar-refractivity contribution in [3.05, 3.63) is 29.8 Å². The first-order valence-corrected chi connectivity index (χ1v) is 7.39. The SMILES string of the molecule is CCOc1ccc(C(=O)N2CCC(C(C)N)CC2)cc1. The normalized spacial score (nSPS) is 17.9. The number of hydrogen-bond donors (Lipinski definition) is 1. The van der Waals surface area contributed by atoms with Gasteiger partial charge in [-0.15, -0.1) is 0 Å². The molecule has 1 amide bonds. The van der Waals surface area contributed by atoms with Crippen molar-refractivity contribution in [3.8, 4) is 5.75 Å². The summed E-state index contributed by atoms with van der Waals surface area (Å²) < 4.78 is 5.39. The monoisotopic (exact) mass is 276 g/mol. The highest BCUT2D eigenvalue weighted by molar-refractivity contribution is 5.94. The molecule has 1 heterocycles. The van der Waals surface area contributed by atoms with Crippen LogP contribution in [0.25, 0.3) is 0 Å². The van der Waals surface area contributed by atoms with Crippen LogP contribution < -0.4 is 10.5 Å². The van der Waals surface area contributed by atoms with E-state index in [1.807, 2.05) is 36.1 Å². The molecular weight excluding hydrogens is 252 g/mol. The second kappa shape index (κ2) is 6.75. The van der Waals surface area contributed by atoms with Gasteiger partial charge in [-0.2, -0.15) is 0 Å². The molecule has 1 fully saturated rings. The molecule has 4 heteroatoms. The number of nitrogens with zero attached hydrogens (tertiary/aromatic N) is 1. The second-order valence-electron chi connectivity index (χ2n) is 5.45. The van der Waals surface area contributed by atoms with Crippen LogP contribution in [0.5, 0.6) is 5.75 Å². The summed E-state index contributed by atoms with van der Waals surface area (Å²) in [5, 5.41) is 0. The van der Waals surface area contributed by atoms with Crippen molar-refractivity contribution in [1.29, 1.82) is 0 Å². The van der Waals surface area contributed by atoms with E-state index in [2.05, 4.69) is 6.92 Å². The topological polar surface area (TPSA) is 55.6 Å². The molecule has 4 nitrogen and oxygen atoms in total. The summed E-state index contributed by atoms with van der Waals surface area (Å²) >= 11 is 0. The van der Waals surface area contributed by atoms with Gasteiger partial charge in [0, 0.05) is 24.7 Å². The molecule has 1 atom stereocenters. The Hall–Kier alpha value is -1.55. The number of carbonyl (C=O) groups is 1. The molecule has 1 aromatic carbocycles. The van der Waals surface area contributed by atoms with E-state index < -0.39 is 0 Å². The maximum atomic E-state index is 12.4. The summed E-state index contributed by atoms with van der Waals surface area (Å²) in [7, 11) is 0. The summed E-state index contributed by atoms with van der Waals surface area (Å²) in [5.41, 5.74) is 6.66. The van der Waals surface area contributed by atoms with Gasteiger partial charge in [0.25, 0.3) is 5.91 Å². The number of ether oxygens (including phenoxy) is 1. The molecule has 2 N–H and O–H groups in total. The maximum absolute atomic E-state index is 12.4. The first-order valence-electron chi connectivity index (χ1n) is 7.39. The van der Waals surface area contributed by atoms with E-state index in [4.69, 9.17) is 10.5 Å². The molecule has 0 radical (unpaired) electrons. The van der Waals surface area contributed by atoms with Crippen LogP contribution in [0.1, 0.15) is 37.0 Å². The first-order chi connectivity index (χ1) is 9.61. The predicted molar refractivity (Wildman–Crippen MR) is 79.9 cm³/mol. The van der Waals surface area contributed by atoms with Crippen molar-refractivity contribution in [2.24, 2.45) is 11.7 Å². The minimum atomic E-state index is 0.108. The first kappa shape index (κ1) is 14.9.